The predicted octanol–water partition coefficient (Wildman–Crippen LogP) is 3.56. The van der Waals surface area contributed by atoms with E-state index in [0.717, 1.165) is 15.8 Å². The Labute approximate surface area is 87.5 Å². The van der Waals surface area contributed by atoms with E-state index in [1.807, 2.05) is 18.2 Å². The highest BCUT2D eigenvalue weighted by Crippen LogP contribution is 2.32. The van der Waals surface area contributed by atoms with Crippen LogP contribution in [0.1, 0.15) is 11.5 Å². The third kappa shape index (κ3) is 2.13. The maximum atomic E-state index is 5.17. The third-order valence-corrected chi connectivity index (χ3v) is 2.75. The van der Waals surface area contributed by atoms with Crippen LogP contribution in [-0.4, -0.2) is 7.11 Å². The van der Waals surface area contributed by atoms with E-state index in [1.54, 1.807) is 13.2 Å². The molecule has 1 aromatic carbocycles. The van der Waals surface area contributed by atoms with Crippen molar-refractivity contribution in [1.29, 1.82) is 0 Å². The number of benzene rings is 1. The van der Waals surface area contributed by atoms with Gasteiger partial charge in [0, 0.05) is 5.92 Å². The maximum Gasteiger partial charge on any atom is 0.133 e. The topological polar surface area (TPSA) is 9.23 Å². The van der Waals surface area contributed by atoms with Gasteiger partial charge in [0.05, 0.1) is 11.6 Å². The first kappa shape index (κ1) is 10.3. The summed E-state index contributed by atoms with van der Waals surface area (Å²) in [6, 6.07) is 5.86. The molecule has 0 N–H and O–H groups in total. The monoisotopic (exact) mass is 239 g/mol. The average molecular weight is 240 g/mol. The Balaban J connectivity index is 3.14. The molecule has 0 spiro atoms. The van der Waals surface area contributed by atoms with Gasteiger partial charge in [0.15, 0.2) is 0 Å². The highest BCUT2D eigenvalue weighted by molar-refractivity contribution is 9.10. The summed E-state index contributed by atoms with van der Waals surface area (Å²) in [6.45, 7) is 7.67. The lowest BCUT2D eigenvalue weighted by Crippen LogP contribution is -1.93. The molecule has 0 fully saturated rings. The van der Waals surface area contributed by atoms with Crippen molar-refractivity contribution >= 4 is 15.9 Å². The fourth-order valence-corrected chi connectivity index (χ4v) is 1.82. The molecule has 0 bridgehead atoms. The number of rotatable bonds is 3. The summed E-state index contributed by atoms with van der Waals surface area (Å²) in [6.07, 6.45) is 1.81. The van der Waals surface area contributed by atoms with E-state index in [4.69, 9.17) is 4.74 Å². The first-order valence-corrected chi connectivity index (χ1v) is 4.78. The molecule has 0 saturated heterocycles. The van der Waals surface area contributed by atoms with Gasteiger partial charge in [-0.3, -0.25) is 0 Å². The van der Waals surface area contributed by atoms with Crippen LogP contribution in [0, 0.1) is 6.92 Å². The van der Waals surface area contributed by atoms with E-state index in [0.29, 0.717) is 0 Å². The van der Waals surface area contributed by atoms with Crippen molar-refractivity contribution in [2.24, 2.45) is 0 Å². The number of allylic oxidation sites excluding steroid dienone is 1. The molecule has 69 valence electrons. The Kier molecular flexibility index (Phi) is 3.55. The fraction of sp³-hybridized carbons (Fsp3) is 0.182. The molecule has 0 aliphatic heterocycles. The van der Waals surface area contributed by atoms with E-state index in [9.17, 15) is 0 Å². The van der Waals surface area contributed by atoms with Crippen molar-refractivity contribution in [3.8, 4) is 5.75 Å². The lowest BCUT2D eigenvalue weighted by molar-refractivity contribution is 0.411. The quantitative estimate of drug-likeness (QED) is 0.734. The number of ether oxygens (including phenoxy) is 1. The molecule has 0 aliphatic carbocycles. The van der Waals surface area contributed by atoms with Gasteiger partial charge < -0.3 is 4.74 Å². The second-order valence-corrected chi connectivity index (χ2v) is 3.50. The molecule has 13 heavy (non-hydrogen) atoms. The molecule has 1 atom stereocenters. The van der Waals surface area contributed by atoms with Crippen molar-refractivity contribution in [3.05, 3.63) is 47.8 Å². The van der Waals surface area contributed by atoms with Gasteiger partial charge in [-0.15, -0.1) is 6.58 Å². The largest absolute Gasteiger partial charge is 0.496 e. The van der Waals surface area contributed by atoms with E-state index in [-0.39, 0.29) is 5.92 Å². The summed E-state index contributed by atoms with van der Waals surface area (Å²) < 4.78 is 6.13. The molecular formula is C11H12BrO. The molecule has 0 aliphatic rings. The molecule has 1 radical (unpaired) electrons. The van der Waals surface area contributed by atoms with E-state index in [2.05, 4.69) is 29.4 Å². The molecule has 0 saturated carbocycles. The minimum absolute atomic E-state index is 0.0875. The third-order valence-electron chi connectivity index (χ3n) is 1.90. The standard InChI is InChI=1S/C11H12BrO/c1-4-8(2)9-6-5-7-10(13-3)11(9)12/h4-8H,1-2H2,3H3. The van der Waals surface area contributed by atoms with Crippen LogP contribution in [0.15, 0.2) is 35.3 Å². The molecule has 1 rings (SSSR count). The molecule has 1 unspecified atom stereocenters. The first-order valence-electron chi connectivity index (χ1n) is 3.98. The molecule has 1 nitrogen and oxygen atoms in total. The Morgan fingerprint density at radius 3 is 2.77 bits per heavy atom. The Morgan fingerprint density at radius 1 is 1.54 bits per heavy atom. The zero-order valence-electron chi connectivity index (χ0n) is 7.59. The molecular weight excluding hydrogens is 228 g/mol. The van der Waals surface area contributed by atoms with E-state index in [1.165, 1.54) is 0 Å². The van der Waals surface area contributed by atoms with Crippen molar-refractivity contribution < 1.29 is 4.74 Å². The van der Waals surface area contributed by atoms with Gasteiger partial charge in [0.2, 0.25) is 0 Å². The van der Waals surface area contributed by atoms with Gasteiger partial charge in [0.1, 0.15) is 5.75 Å². The average Bonchev–Trinajstić information content (AvgIpc) is 2.17. The summed E-state index contributed by atoms with van der Waals surface area (Å²) in [7, 11) is 1.65. The van der Waals surface area contributed by atoms with Crippen LogP contribution in [0.4, 0.5) is 0 Å². The van der Waals surface area contributed by atoms with Crippen molar-refractivity contribution in [2.45, 2.75) is 5.92 Å². The van der Waals surface area contributed by atoms with Gasteiger partial charge >= 0.3 is 0 Å². The van der Waals surface area contributed by atoms with Crippen LogP contribution >= 0.6 is 15.9 Å². The van der Waals surface area contributed by atoms with Crippen LogP contribution in [0.2, 0.25) is 0 Å². The van der Waals surface area contributed by atoms with E-state index >= 15 is 0 Å². The molecule has 0 aromatic heterocycles. The smallest absolute Gasteiger partial charge is 0.133 e. The van der Waals surface area contributed by atoms with Crippen molar-refractivity contribution in [2.75, 3.05) is 7.11 Å². The van der Waals surface area contributed by atoms with Gasteiger partial charge in [-0.2, -0.15) is 0 Å². The SMILES string of the molecule is [CH2]C(C=C)c1cccc(OC)c1Br. The maximum absolute atomic E-state index is 5.17. The summed E-state index contributed by atoms with van der Waals surface area (Å²) in [5.74, 6) is 0.914. The summed E-state index contributed by atoms with van der Waals surface area (Å²) >= 11 is 3.47. The lowest BCUT2D eigenvalue weighted by Gasteiger charge is -2.11. The highest BCUT2D eigenvalue weighted by atomic mass is 79.9. The molecule has 0 heterocycles. The lowest BCUT2D eigenvalue weighted by atomic mass is 10.0. The van der Waals surface area contributed by atoms with Crippen LogP contribution in [0.3, 0.4) is 0 Å². The Bertz CT molecular complexity index is 307. The van der Waals surface area contributed by atoms with Gasteiger partial charge in [-0.05, 0) is 34.5 Å². The summed E-state index contributed by atoms with van der Waals surface area (Å²) in [5.41, 5.74) is 1.09. The van der Waals surface area contributed by atoms with Crippen LogP contribution < -0.4 is 4.74 Å². The van der Waals surface area contributed by atoms with Crippen LogP contribution in [0.25, 0.3) is 0 Å². The minimum atomic E-state index is 0.0875. The first-order chi connectivity index (χ1) is 6.20. The second kappa shape index (κ2) is 4.47. The van der Waals surface area contributed by atoms with Gasteiger partial charge in [-0.25, -0.2) is 0 Å². The van der Waals surface area contributed by atoms with E-state index < -0.39 is 0 Å². The number of hydrogen-bond acceptors (Lipinski definition) is 1. The van der Waals surface area contributed by atoms with Crippen LogP contribution in [0.5, 0.6) is 5.75 Å². The predicted molar refractivity (Wildman–Crippen MR) is 59.0 cm³/mol. The van der Waals surface area contributed by atoms with Crippen molar-refractivity contribution in [3.63, 3.8) is 0 Å². The second-order valence-electron chi connectivity index (χ2n) is 2.71. The number of methoxy groups -OCH3 is 1. The highest BCUT2D eigenvalue weighted by Gasteiger charge is 2.09. The zero-order valence-corrected chi connectivity index (χ0v) is 9.17. The Morgan fingerprint density at radius 2 is 2.23 bits per heavy atom. The van der Waals surface area contributed by atoms with Crippen LogP contribution in [-0.2, 0) is 0 Å². The van der Waals surface area contributed by atoms with Crippen molar-refractivity contribution in [1.82, 2.24) is 0 Å². The molecule has 1 aromatic rings. The fourth-order valence-electron chi connectivity index (χ4n) is 1.10. The minimum Gasteiger partial charge on any atom is -0.496 e. The summed E-state index contributed by atoms with van der Waals surface area (Å²) in [5, 5.41) is 0. The van der Waals surface area contributed by atoms with Gasteiger partial charge in [0.25, 0.3) is 0 Å². The normalized spacial score (nSPS) is 12.2. The van der Waals surface area contributed by atoms with Gasteiger partial charge in [-0.1, -0.05) is 18.2 Å². The molecule has 0 amide bonds. The zero-order chi connectivity index (χ0) is 9.84. The summed E-state index contributed by atoms with van der Waals surface area (Å²) in [4.78, 5) is 0. The Hall–Kier alpha value is -0.760. The number of halogens is 1. The molecule has 2 heteroatoms. The number of hydrogen-bond donors (Lipinski definition) is 0.